The molecule has 0 spiro atoms. The van der Waals surface area contributed by atoms with E-state index in [0.717, 1.165) is 39.7 Å². The molecule has 0 radical (unpaired) electrons. The topological polar surface area (TPSA) is 82.5 Å². The predicted octanol–water partition coefficient (Wildman–Crippen LogP) is 4.03. The molecule has 0 fully saturated rings. The number of aromatic nitrogens is 5. The molecule has 2 N–H and O–H groups in total. The number of para-hydroxylation sites is 1. The van der Waals surface area contributed by atoms with Crippen molar-refractivity contribution in [1.82, 2.24) is 24.7 Å². The van der Waals surface area contributed by atoms with Crippen LogP contribution in [0.4, 0.5) is 5.82 Å². The molecule has 0 amide bonds. The fourth-order valence-electron chi connectivity index (χ4n) is 3.51. The summed E-state index contributed by atoms with van der Waals surface area (Å²) in [5, 5.41) is 10.2. The zero-order valence-corrected chi connectivity index (χ0v) is 16.3. The maximum Gasteiger partial charge on any atom is 0.196 e. The molecule has 0 saturated heterocycles. The van der Waals surface area contributed by atoms with E-state index in [4.69, 9.17) is 10.7 Å². The number of hydrogen-bond acceptors (Lipinski definition) is 7. The van der Waals surface area contributed by atoms with Gasteiger partial charge in [0.25, 0.3) is 0 Å². The SMILES string of the molecule is Nc1nc(CSc2nncn2-c2ccccc2)nc2sc3c(c12)CCCC3. The lowest BCUT2D eigenvalue weighted by molar-refractivity contribution is 0.700. The van der Waals surface area contributed by atoms with Crippen molar-refractivity contribution in [2.45, 2.75) is 36.6 Å². The lowest BCUT2D eigenvalue weighted by Crippen LogP contribution is -2.03. The summed E-state index contributed by atoms with van der Waals surface area (Å²) >= 11 is 3.35. The van der Waals surface area contributed by atoms with Crippen molar-refractivity contribution in [3.8, 4) is 5.69 Å². The number of anilines is 1. The third-order valence-electron chi connectivity index (χ3n) is 4.77. The number of thiophene rings is 1. The predicted molar refractivity (Wildman–Crippen MR) is 109 cm³/mol. The van der Waals surface area contributed by atoms with Crippen molar-refractivity contribution in [2.24, 2.45) is 0 Å². The second-order valence-electron chi connectivity index (χ2n) is 6.52. The molecule has 5 rings (SSSR count). The molecule has 1 aromatic carbocycles. The highest BCUT2D eigenvalue weighted by Crippen LogP contribution is 2.38. The quantitative estimate of drug-likeness (QED) is 0.526. The van der Waals surface area contributed by atoms with E-state index in [1.54, 1.807) is 29.4 Å². The molecule has 0 atom stereocenters. The van der Waals surface area contributed by atoms with E-state index in [1.807, 2.05) is 34.9 Å². The van der Waals surface area contributed by atoms with Crippen LogP contribution in [0.15, 0.2) is 41.8 Å². The van der Waals surface area contributed by atoms with Gasteiger partial charge in [-0.3, -0.25) is 4.57 Å². The molecule has 4 aromatic rings. The van der Waals surface area contributed by atoms with Crippen LogP contribution >= 0.6 is 23.1 Å². The Balaban J connectivity index is 1.42. The Morgan fingerprint density at radius 2 is 1.96 bits per heavy atom. The minimum Gasteiger partial charge on any atom is -0.383 e. The maximum atomic E-state index is 6.31. The largest absolute Gasteiger partial charge is 0.383 e. The van der Waals surface area contributed by atoms with Gasteiger partial charge in [0.2, 0.25) is 0 Å². The highest BCUT2D eigenvalue weighted by molar-refractivity contribution is 7.98. The molecule has 3 heterocycles. The van der Waals surface area contributed by atoms with Crippen LogP contribution in [0.1, 0.15) is 29.1 Å². The van der Waals surface area contributed by atoms with Gasteiger partial charge >= 0.3 is 0 Å². The summed E-state index contributed by atoms with van der Waals surface area (Å²) in [4.78, 5) is 11.8. The van der Waals surface area contributed by atoms with Gasteiger partial charge in [0.1, 0.15) is 22.8 Å². The Morgan fingerprint density at radius 1 is 1.11 bits per heavy atom. The molecule has 1 aliphatic rings. The van der Waals surface area contributed by atoms with Crippen molar-refractivity contribution >= 4 is 39.1 Å². The third kappa shape index (κ3) is 3.08. The summed E-state index contributed by atoms with van der Waals surface area (Å²) in [7, 11) is 0. The first-order chi connectivity index (χ1) is 13.3. The lowest BCUT2D eigenvalue weighted by atomic mass is 9.97. The van der Waals surface area contributed by atoms with Crippen LogP contribution in [0, 0.1) is 0 Å². The highest BCUT2D eigenvalue weighted by atomic mass is 32.2. The summed E-state index contributed by atoms with van der Waals surface area (Å²) in [6, 6.07) is 10.1. The summed E-state index contributed by atoms with van der Waals surface area (Å²) in [6.45, 7) is 0. The summed E-state index contributed by atoms with van der Waals surface area (Å²) in [5.74, 6) is 1.96. The molecule has 136 valence electrons. The van der Waals surface area contributed by atoms with Crippen LogP contribution in [0.2, 0.25) is 0 Å². The number of benzene rings is 1. The van der Waals surface area contributed by atoms with Gasteiger partial charge in [0, 0.05) is 10.6 Å². The van der Waals surface area contributed by atoms with Crippen LogP contribution in [-0.2, 0) is 18.6 Å². The van der Waals surface area contributed by atoms with Crippen molar-refractivity contribution in [2.75, 3.05) is 5.73 Å². The molecule has 0 aliphatic heterocycles. The minimum absolute atomic E-state index is 0.605. The number of thioether (sulfide) groups is 1. The summed E-state index contributed by atoms with van der Waals surface area (Å²) in [6.07, 6.45) is 6.44. The fraction of sp³-hybridized carbons (Fsp3) is 0.263. The van der Waals surface area contributed by atoms with Gasteiger partial charge in [-0.15, -0.1) is 21.5 Å². The van der Waals surface area contributed by atoms with Crippen LogP contribution in [-0.4, -0.2) is 24.7 Å². The lowest BCUT2D eigenvalue weighted by Gasteiger charge is -2.10. The van der Waals surface area contributed by atoms with E-state index in [0.29, 0.717) is 11.6 Å². The van der Waals surface area contributed by atoms with E-state index in [9.17, 15) is 0 Å². The van der Waals surface area contributed by atoms with Gasteiger partial charge in [0.05, 0.1) is 11.1 Å². The molecular weight excluding hydrogens is 376 g/mol. The first kappa shape index (κ1) is 16.7. The number of nitrogens with zero attached hydrogens (tertiary/aromatic N) is 5. The van der Waals surface area contributed by atoms with E-state index >= 15 is 0 Å². The zero-order chi connectivity index (χ0) is 18.2. The van der Waals surface area contributed by atoms with Crippen LogP contribution in [0.25, 0.3) is 15.9 Å². The second kappa shape index (κ2) is 6.94. The van der Waals surface area contributed by atoms with E-state index in [-0.39, 0.29) is 0 Å². The van der Waals surface area contributed by atoms with Crippen molar-refractivity contribution in [3.05, 3.63) is 52.9 Å². The number of aryl methyl sites for hydroxylation is 2. The Bertz CT molecular complexity index is 1100. The monoisotopic (exact) mass is 394 g/mol. The third-order valence-corrected chi connectivity index (χ3v) is 6.89. The molecule has 0 saturated carbocycles. The van der Waals surface area contributed by atoms with Gasteiger partial charge in [0.15, 0.2) is 5.16 Å². The van der Waals surface area contributed by atoms with Crippen molar-refractivity contribution in [3.63, 3.8) is 0 Å². The number of rotatable bonds is 4. The standard InChI is InChI=1S/C19H18N6S2/c20-17-16-13-8-4-5-9-14(13)27-18(16)23-15(22-17)10-26-19-24-21-11-25(19)12-6-2-1-3-7-12/h1-3,6-7,11H,4-5,8-10H2,(H2,20,22,23). The van der Waals surface area contributed by atoms with Gasteiger partial charge in [-0.25, -0.2) is 9.97 Å². The Kier molecular flexibility index (Phi) is 4.29. The molecule has 27 heavy (non-hydrogen) atoms. The average Bonchev–Trinajstić information content (AvgIpc) is 3.31. The Labute approximate surface area is 164 Å². The summed E-state index contributed by atoms with van der Waals surface area (Å²) in [5.41, 5.74) is 8.72. The second-order valence-corrected chi connectivity index (χ2v) is 8.55. The molecule has 1 aliphatic carbocycles. The van der Waals surface area contributed by atoms with E-state index < -0.39 is 0 Å². The normalized spacial score (nSPS) is 13.8. The van der Waals surface area contributed by atoms with E-state index in [2.05, 4.69) is 15.2 Å². The molecule has 0 bridgehead atoms. The zero-order valence-electron chi connectivity index (χ0n) is 14.6. The Hall–Kier alpha value is -2.45. The van der Waals surface area contributed by atoms with Crippen LogP contribution < -0.4 is 5.73 Å². The number of nitrogen functional groups attached to an aromatic ring is 1. The van der Waals surface area contributed by atoms with E-state index in [1.165, 1.54) is 23.3 Å². The molecule has 3 aromatic heterocycles. The van der Waals surface area contributed by atoms with Crippen molar-refractivity contribution in [1.29, 1.82) is 0 Å². The van der Waals surface area contributed by atoms with Crippen LogP contribution in [0.5, 0.6) is 0 Å². The van der Waals surface area contributed by atoms with Crippen molar-refractivity contribution < 1.29 is 0 Å². The first-order valence-corrected chi connectivity index (χ1v) is 10.7. The maximum absolute atomic E-state index is 6.31. The first-order valence-electron chi connectivity index (χ1n) is 8.94. The minimum atomic E-state index is 0.605. The number of hydrogen-bond donors (Lipinski definition) is 1. The average molecular weight is 395 g/mol. The molecule has 8 heteroatoms. The Morgan fingerprint density at radius 3 is 2.85 bits per heavy atom. The van der Waals surface area contributed by atoms with Gasteiger partial charge in [-0.2, -0.15) is 0 Å². The van der Waals surface area contributed by atoms with Crippen LogP contribution in [0.3, 0.4) is 0 Å². The highest BCUT2D eigenvalue weighted by Gasteiger charge is 2.20. The number of fused-ring (bicyclic) bond motifs is 3. The smallest absolute Gasteiger partial charge is 0.196 e. The molecular formula is C19H18N6S2. The van der Waals surface area contributed by atoms with Gasteiger partial charge < -0.3 is 5.73 Å². The fourth-order valence-corrected chi connectivity index (χ4v) is 5.59. The van der Waals surface area contributed by atoms with Gasteiger partial charge in [-0.05, 0) is 43.4 Å². The summed E-state index contributed by atoms with van der Waals surface area (Å²) < 4.78 is 1.97. The molecule has 6 nitrogen and oxygen atoms in total. The van der Waals surface area contributed by atoms with Gasteiger partial charge in [-0.1, -0.05) is 30.0 Å². The number of nitrogens with two attached hydrogens (primary N) is 1. The molecule has 0 unspecified atom stereocenters.